The molecule has 0 aliphatic carbocycles. The zero-order valence-electron chi connectivity index (χ0n) is 12.2. The van der Waals surface area contributed by atoms with Gasteiger partial charge in [0.1, 0.15) is 0 Å². The summed E-state index contributed by atoms with van der Waals surface area (Å²) in [5, 5.41) is 0. The van der Waals surface area contributed by atoms with E-state index in [0.717, 1.165) is 16.6 Å². The van der Waals surface area contributed by atoms with Crippen molar-refractivity contribution in [3.8, 4) is 0 Å². The summed E-state index contributed by atoms with van der Waals surface area (Å²) in [7, 11) is 2.10. The second kappa shape index (κ2) is 6.42. The van der Waals surface area contributed by atoms with E-state index < -0.39 is 0 Å². The van der Waals surface area contributed by atoms with Gasteiger partial charge in [-0.2, -0.15) is 0 Å². The Morgan fingerprint density at radius 1 is 1.15 bits per heavy atom. The molecule has 0 fully saturated rings. The lowest BCUT2D eigenvalue weighted by Crippen LogP contribution is -2.16. The normalized spacial score (nSPS) is 12.2. The van der Waals surface area contributed by atoms with Crippen molar-refractivity contribution >= 4 is 21.6 Å². The molecule has 0 saturated heterocycles. The van der Waals surface area contributed by atoms with Gasteiger partial charge in [0, 0.05) is 29.8 Å². The minimum atomic E-state index is 0.0424. The number of anilines is 1. The van der Waals surface area contributed by atoms with Crippen molar-refractivity contribution in [3.05, 3.63) is 63.6 Å². The number of hydrogen-bond donors (Lipinski definition) is 1. The predicted octanol–water partition coefficient (Wildman–Crippen LogP) is 4.41. The molecule has 1 atom stereocenters. The first kappa shape index (κ1) is 15.1. The highest BCUT2D eigenvalue weighted by atomic mass is 79.9. The number of rotatable bonds is 4. The maximum absolute atomic E-state index is 5.93. The van der Waals surface area contributed by atoms with Crippen LogP contribution in [0.1, 0.15) is 29.7 Å². The summed E-state index contributed by atoms with van der Waals surface area (Å²) in [6.45, 7) is 5.00. The molecule has 0 heterocycles. The van der Waals surface area contributed by atoms with Crippen LogP contribution in [0.15, 0.2) is 46.9 Å². The lowest BCUT2D eigenvalue weighted by atomic mass is 10.1. The molecule has 2 nitrogen and oxygen atoms in total. The largest absolute Gasteiger partial charge is 0.370 e. The Morgan fingerprint density at radius 2 is 1.80 bits per heavy atom. The van der Waals surface area contributed by atoms with Crippen molar-refractivity contribution < 1.29 is 0 Å². The first-order chi connectivity index (χ1) is 9.47. The molecule has 20 heavy (non-hydrogen) atoms. The minimum absolute atomic E-state index is 0.0424. The van der Waals surface area contributed by atoms with Crippen LogP contribution in [0.3, 0.4) is 0 Å². The second-order valence-electron chi connectivity index (χ2n) is 5.34. The van der Waals surface area contributed by atoms with Gasteiger partial charge in [-0.1, -0.05) is 51.8 Å². The van der Waals surface area contributed by atoms with Crippen LogP contribution in [-0.4, -0.2) is 7.05 Å². The van der Waals surface area contributed by atoms with Crippen LogP contribution in [0, 0.1) is 6.92 Å². The number of halogens is 1. The summed E-state index contributed by atoms with van der Waals surface area (Å²) in [5.74, 6) is 0. The van der Waals surface area contributed by atoms with E-state index in [0.29, 0.717) is 0 Å². The molecule has 0 amide bonds. The third kappa shape index (κ3) is 3.62. The van der Waals surface area contributed by atoms with Gasteiger partial charge in [-0.25, -0.2) is 0 Å². The summed E-state index contributed by atoms with van der Waals surface area (Å²) in [6, 6.07) is 15.0. The standard InChI is InChI=1S/C17H21BrN2/c1-12-4-6-14(7-5-12)11-20(3)15-8-9-16(13(2)19)17(18)10-15/h4-10,13H,11,19H2,1-3H3/t13-/m0/s1. The molecule has 0 aliphatic rings. The molecule has 2 rings (SSSR count). The first-order valence-corrected chi connectivity index (χ1v) is 7.58. The molecule has 106 valence electrons. The van der Waals surface area contributed by atoms with Gasteiger partial charge >= 0.3 is 0 Å². The highest BCUT2D eigenvalue weighted by Crippen LogP contribution is 2.27. The summed E-state index contributed by atoms with van der Waals surface area (Å²) in [4.78, 5) is 2.24. The highest BCUT2D eigenvalue weighted by Gasteiger charge is 2.08. The Kier molecular flexibility index (Phi) is 4.84. The van der Waals surface area contributed by atoms with E-state index in [4.69, 9.17) is 5.73 Å². The third-order valence-corrected chi connectivity index (χ3v) is 4.14. The van der Waals surface area contributed by atoms with E-state index in [1.54, 1.807) is 0 Å². The third-order valence-electron chi connectivity index (χ3n) is 3.46. The van der Waals surface area contributed by atoms with Crippen molar-refractivity contribution in [2.75, 3.05) is 11.9 Å². The highest BCUT2D eigenvalue weighted by molar-refractivity contribution is 9.10. The molecule has 0 radical (unpaired) electrons. The molecule has 3 heteroatoms. The Morgan fingerprint density at radius 3 is 2.35 bits per heavy atom. The average Bonchev–Trinajstić information content (AvgIpc) is 2.40. The number of benzene rings is 2. The monoisotopic (exact) mass is 332 g/mol. The molecule has 0 unspecified atom stereocenters. The molecule has 2 aromatic carbocycles. The summed E-state index contributed by atoms with van der Waals surface area (Å²) >= 11 is 3.60. The topological polar surface area (TPSA) is 29.3 Å². The van der Waals surface area contributed by atoms with E-state index in [9.17, 15) is 0 Å². The summed E-state index contributed by atoms with van der Waals surface area (Å²) in [6.07, 6.45) is 0. The van der Waals surface area contributed by atoms with Crippen LogP contribution in [0.5, 0.6) is 0 Å². The predicted molar refractivity (Wildman–Crippen MR) is 90.0 cm³/mol. The summed E-state index contributed by atoms with van der Waals surface area (Å²) < 4.78 is 1.07. The molecule has 0 aromatic heterocycles. The molecule has 2 N–H and O–H groups in total. The lowest BCUT2D eigenvalue weighted by Gasteiger charge is -2.21. The van der Waals surface area contributed by atoms with E-state index in [1.807, 2.05) is 6.92 Å². The molecular formula is C17H21BrN2. The van der Waals surface area contributed by atoms with Crippen LogP contribution in [-0.2, 0) is 6.54 Å². The smallest absolute Gasteiger partial charge is 0.0426 e. The molecule has 2 aromatic rings. The van der Waals surface area contributed by atoms with Crippen molar-refractivity contribution in [2.24, 2.45) is 5.73 Å². The zero-order chi connectivity index (χ0) is 14.7. The Hall–Kier alpha value is -1.32. The fraction of sp³-hybridized carbons (Fsp3) is 0.294. The van der Waals surface area contributed by atoms with Crippen molar-refractivity contribution in [1.29, 1.82) is 0 Å². The number of hydrogen-bond acceptors (Lipinski definition) is 2. The fourth-order valence-electron chi connectivity index (χ4n) is 2.18. The van der Waals surface area contributed by atoms with Gasteiger partial charge in [0.25, 0.3) is 0 Å². The molecule has 0 aliphatic heterocycles. The van der Waals surface area contributed by atoms with Crippen molar-refractivity contribution in [2.45, 2.75) is 26.4 Å². The molecule has 0 bridgehead atoms. The van der Waals surface area contributed by atoms with Crippen LogP contribution < -0.4 is 10.6 Å². The molecule has 0 spiro atoms. The van der Waals surface area contributed by atoms with Crippen molar-refractivity contribution in [1.82, 2.24) is 0 Å². The SMILES string of the molecule is Cc1ccc(CN(C)c2ccc([C@H](C)N)c(Br)c2)cc1. The van der Waals surface area contributed by atoms with Crippen LogP contribution in [0.4, 0.5) is 5.69 Å². The van der Waals surface area contributed by atoms with Gasteiger partial charge in [0.05, 0.1) is 0 Å². The first-order valence-electron chi connectivity index (χ1n) is 6.79. The van der Waals surface area contributed by atoms with Crippen LogP contribution in [0.2, 0.25) is 0 Å². The van der Waals surface area contributed by atoms with Gasteiger partial charge in [0.2, 0.25) is 0 Å². The van der Waals surface area contributed by atoms with Gasteiger partial charge in [-0.15, -0.1) is 0 Å². The van der Waals surface area contributed by atoms with Crippen LogP contribution >= 0.6 is 15.9 Å². The fourth-order valence-corrected chi connectivity index (χ4v) is 2.91. The quantitative estimate of drug-likeness (QED) is 0.898. The van der Waals surface area contributed by atoms with Gasteiger partial charge in [-0.3, -0.25) is 0 Å². The molecule has 0 saturated carbocycles. The Labute approximate surface area is 129 Å². The van der Waals surface area contributed by atoms with Gasteiger partial charge < -0.3 is 10.6 Å². The second-order valence-corrected chi connectivity index (χ2v) is 6.19. The number of nitrogens with zero attached hydrogens (tertiary/aromatic N) is 1. The maximum Gasteiger partial charge on any atom is 0.0426 e. The average molecular weight is 333 g/mol. The van der Waals surface area contributed by atoms with E-state index in [2.05, 4.69) is 77.3 Å². The number of aryl methyl sites for hydroxylation is 1. The summed E-state index contributed by atoms with van der Waals surface area (Å²) in [5.41, 5.74) is 10.9. The zero-order valence-corrected chi connectivity index (χ0v) is 13.8. The van der Waals surface area contributed by atoms with Crippen LogP contribution in [0.25, 0.3) is 0 Å². The van der Waals surface area contributed by atoms with Gasteiger partial charge in [-0.05, 0) is 37.1 Å². The number of nitrogens with two attached hydrogens (primary N) is 1. The minimum Gasteiger partial charge on any atom is -0.370 e. The lowest BCUT2D eigenvalue weighted by molar-refractivity contribution is 0.812. The van der Waals surface area contributed by atoms with E-state index >= 15 is 0 Å². The van der Waals surface area contributed by atoms with Gasteiger partial charge in [0.15, 0.2) is 0 Å². The van der Waals surface area contributed by atoms with E-state index in [1.165, 1.54) is 16.8 Å². The molecular weight excluding hydrogens is 312 g/mol. The van der Waals surface area contributed by atoms with E-state index in [-0.39, 0.29) is 6.04 Å². The Bertz CT molecular complexity index is 576. The maximum atomic E-state index is 5.93. The van der Waals surface area contributed by atoms with Crippen molar-refractivity contribution in [3.63, 3.8) is 0 Å². The Balaban J connectivity index is 2.15.